The predicted molar refractivity (Wildman–Crippen MR) is 90.7 cm³/mol. The van der Waals surface area contributed by atoms with Crippen molar-refractivity contribution in [3.05, 3.63) is 24.3 Å². The van der Waals surface area contributed by atoms with Gasteiger partial charge in [0.25, 0.3) is 0 Å². The lowest BCUT2D eigenvalue weighted by molar-refractivity contribution is 0.252. The lowest BCUT2D eigenvalue weighted by atomic mass is 10.2. The number of anilines is 2. The van der Waals surface area contributed by atoms with Crippen LogP contribution in [0.25, 0.3) is 0 Å². The maximum atomic E-state index is 11.7. The Hall–Kier alpha value is -1.76. The largest absolute Gasteiger partial charge is 0.338 e. The van der Waals surface area contributed by atoms with E-state index in [0.717, 1.165) is 19.3 Å². The van der Waals surface area contributed by atoms with Gasteiger partial charge in [0.2, 0.25) is 10.0 Å². The van der Waals surface area contributed by atoms with Gasteiger partial charge in [-0.15, -0.1) is 0 Å². The van der Waals surface area contributed by atoms with E-state index in [1.807, 2.05) is 0 Å². The van der Waals surface area contributed by atoms with Crippen molar-refractivity contribution in [3.63, 3.8) is 0 Å². The molecule has 1 rings (SSSR count). The molecule has 124 valence electrons. The van der Waals surface area contributed by atoms with Crippen molar-refractivity contribution in [2.24, 2.45) is 0 Å². The molecule has 0 heterocycles. The molecule has 0 bridgehead atoms. The van der Waals surface area contributed by atoms with Crippen LogP contribution in [0.5, 0.6) is 0 Å². The first-order chi connectivity index (χ1) is 10.5. The number of nitrogens with one attached hydrogen (secondary N) is 3. The monoisotopic (exact) mass is 327 g/mol. The standard InChI is InChI=1S/C15H25N3O3S/c1-3-5-6-10-16-15(19)17-13-8-7-9-14(12-13)18-22(20,21)11-4-2/h7-9,12,18H,3-6,10-11H2,1-2H3,(H2,16,17,19). The minimum absolute atomic E-state index is 0.0720. The topological polar surface area (TPSA) is 87.3 Å². The summed E-state index contributed by atoms with van der Waals surface area (Å²) in [6, 6.07) is 6.36. The van der Waals surface area contributed by atoms with E-state index in [2.05, 4.69) is 22.3 Å². The molecular formula is C15H25N3O3S. The van der Waals surface area contributed by atoms with Crippen molar-refractivity contribution in [2.45, 2.75) is 39.5 Å². The first kappa shape index (κ1) is 18.3. The van der Waals surface area contributed by atoms with Gasteiger partial charge in [0, 0.05) is 12.2 Å². The summed E-state index contributed by atoms with van der Waals surface area (Å²) in [6.45, 7) is 4.54. The summed E-state index contributed by atoms with van der Waals surface area (Å²) in [5.74, 6) is 0.0720. The molecule has 0 spiro atoms. The van der Waals surface area contributed by atoms with Crippen molar-refractivity contribution in [2.75, 3.05) is 22.3 Å². The highest BCUT2D eigenvalue weighted by atomic mass is 32.2. The van der Waals surface area contributed by atoms with Crippen LogP contribution in [0.1, 0.15) is 39.5 Å². The van der Waals surface area contributed by atoms with E-state index in [1.165, 1.54) is 0 Å². The average molecular weight is 327 g/mol. The molecule has 0 aliphatic heterocycles. The van der Waals surface area contributed by atoms with Crippen LogP contribution >= 0.6 is 0 Å². The van der Waals surface area contributed by atoms with E-state index in [0.29, 0.717) is 24.3 Å². The van der Waals surface area contributed by atoms with E-state index >= 15 is 0 Å². The van der Waals surface area contributed by atoms with Crippen molar-refractivity contribution < 1.29 is 13.2 Å². The Bertz CT molecular complexity index is 573. The fraction of sp³-hybridized carbons (Fsp3) is 0.533. The molecule has 0 saturated heterocycles. The molecule has 0 saturated carbocycles. The van der Waals surface area contributed by atoms with Crippen molar-refractivity contribution in [1.29, 1.82) is 0 Å². The summed E-state index contributed by atoms with van der Waals surface area (Å²) >= 11 is 0. The highest BCUT2D eigenvalue weighted by molar-refractivity contribution is 7.92. The smallest absolute Gasteiger partial charge is 0.319 e. The van der Waals surface area contributed by atoms with E-state index in [1.54, 1.807) is 31.2 Å². The van der Waals surface area contributed by atoms with Crippen LogP contribution in [-0.2, 0) is 10.0 Å². The summed E-state index contributed by atoms with van der Waals surface area (Å²) in [4.78, 5) is 11.7. The van der Waals surface area contributed by atoms with Crippen LogP contribution in [0, 0.1) is 0 Å². The molecule has 2 amide bonds. The van der Waals surface area contributed by atoms with Gasteiger partial charge in [0.15, 0.2) is 0 Å². The number of carbonyl (C=O) groups is 1. The third-order valence-electron chi connectivity index (χ3n) is 2.93. The van der Waals surface area contributed by atoms with Gasteiger partial charge in [-0.1, -0.05) is 32.8 Å². The Balaban J connectivity index is 2.55. The van der Waals surface area contributed by atoms with Crippen molar-refractivity contribution in [1.82, 2.24) is 5.32 Å². The second kappa shape index (κ2) is 9.30. The minimum Gasteiger partial charge on any atom is -0.338 e. The maximum absolute atomic E-state index is 11.7. The SMILES string of the molecule is CCCCCNC(=O)Nc1cccc(NS(=O)(=O)CCC)c1. The Labute approximate surface area is 132 Å². The molecule has 0 atom stereocenters. The van der Waals surface area contributed by atoms with Crippen LogP contribution in [0.15, 0.2) is 24.3 Å². The molecule has 0 aliphatic rings. The van der Waals surface area contributed by atoms with Gasteiger partial charge in [-0.25, -0.2) is 13.2 Å². The van der Waals surface area contributed by atoms with Crippen LogP contribution in [-0.4, -0.2) is 26.7 Å². The third-order valence-corrected chi connectivity index (χ3v) is 4.42. The lowest BCUT2D eigenvalue weighted by Gasteiger charge is -2.10. The van der Waals surface area contributed by atoms with Crippen LogP contribution in [0.3, 0.4) is 0 Å². The summed E-state index contributed by atoms with van der Waals surface area (Å²) < 4.78 is 25.9. The van der Waals surface area contributed by atoms with Crippen LogP contribution in [0.2, 0.25) is 0 Å². The molecule has 0 radical (unpaired) electrons. The molecule has 3 N–H and O–H groups in total. The van der Waals surface area contributed by atoms with Gasteiger partial charge in [-0.2, -0.15) is 0 Å². The number of unbranched alkanes of at least 4 members (excludes halogenated alkanes) is 2. The van der Waals surface area contributed by atoms with Crippen molar-refractivity contribution in [3.8, 4) is 0 Å². The van der Waals surface area contributed by atoms with Gasteiger partial charge in [-0.3, -0.25) is 4.72 Å². The second-order valence-electron chi connectivity index (χ2n) is 5.09. The zero-order chi connectivity index (χ0) is 16.4. The number of sulfonamides is 1. The molecule has 1 aromatic carbocycles. The van der Waals surface area contributed by atoms with E-state index < -0.39 is 10.0 Å². The van der Waals surface area contributed by atoms with Gasteiger partial charge in [0.05, 0.1) is 11.4 Å². The summed E-state index contributed by atoms with van der Waals surface area (Å²) in [7, 11) is -3.33. The summed E-state index contributed by atoms with van der Waals surface area (Å²) in [5, 5.41) is 5.46. The highest BCUT2D eigenvalue weighted by Gasteiger charge is 2.09. The van der Waals surface area contributed by atoms with Gasteiger partial charge >= 0.3 is 6.03 Å². The van der Waals surface area contributed by atoms with E-state index in [9.17, 15) is 13.2 Å². The average Bonchev–Trinajstić information content (AvgIpc) is 2.43. The fourth-order valence-corrected chi connectivity index (χ4v) is 3.04. The number of amides is 2. The third kappa shape index (κ3) is 7.31. The second-order valence-corrected chi connectivity index (χ2v) is 6.93. The van der Waals surface area contributed by atoms with Crippen molar-refractivity contribution >= 4 is 27.4 Å². The number of hydrogen-bond acceptors (Lipinski definition) is 3. The lowest BCUT2D eigenvalue weighted by Crippen LogP contribution is -2.29. The minimum atomic E-state index is -3.33. The molecule has 1 aromatic rings. The maximum Gasteiger partial charge on any atom is 0.319 e. The molecule has 0 fully saturated rings. The first-order valence-electron chi connectivity index (χ1n) is 7.62. The summed E-state index contributed by atoms with van der Waals surface area (Å²) in [5.41, 5.74) is 0.988. The Morgan fingerprint density at radius 3 is 2.50 bits per heavy atom. The molecule has 22 heavy (non-hydrogen) atoms. The number of hydrogen-bond donors (Lipinski definition) is 3. The quantitative estimate of drug-likeness (QED) is 0.609. The van der Waals surface area contributed by atoms with Crippen LogP contribution < -0.4 is 15.4 Å². The normalized spacial score (nSPS) is 11.0. The molecular weight excluding hydrogens is 302 g/mol. The molecule has 0 unspecified atom stereocenters. The fourth-order valence-electron chi connectivity index (χ4n) is 1.91. The van der Waals surface area contributed by atoms with E-state index in [-0.39, 0.29) is 11.8 Å². The molecule has 0 aromatic heterocycles. The molecule has 7 heteroatoms. The van der Waals surface area contributed by atoms with E-state index in [4.69, 9.17) is 0 Å². The van der Waals surface area contributed by atoms with Crippen LogP contribution in [0.4, 0.5) is 16.2 Å². The zero-order valence-corrected chi connectivity index (χ0v) is 14.0. The van der Waals surface area contributed by atoms with Gasteiger partial charge < -0.3 is 10.6 Å². The summed E-state index contributed by atoms with van der Waals surface area (Å²) in [6.07, 6.45) is 3.67. The Morgan fingerprint density at radius 1 is 1.09 bits per heavy atom. The highest BCUT2D eigenvalue weighted by Crippen LogP contribution is 2.16. The first-order valence-corrected chi connectivity index (χ1v) is 9.27. The Kier molecular flexibility index (Phi) is 7.73. The number of urea groups is 1. The number of benzene rings is 1. The zero-order valence-electron chi connectivity index (χ0n) is 13.2. The van der Waals surface area contributed by atoms with Gasteiger partial charge in [-0.05, 0) is 31.0 Å². The molecule has 6 nitrogen and oxygen atoms in total. The Morgan fingerprint density at radius 2 is 1.82 bits per heavy atom. The van der Waals surface area contributed by atoms with Gasteiger partial charge in [0.1, 0.15) is 0 Å². The molecule has 0 aliphatic carbocycles. The predicted octanol–water partition coefficient (Wildman–Crippen LogP) is 3.15. The number of carbonyl (C=O) groups excluding carboxylic acids is 1. The number of rotatable bonds is 9.